The number of hydrogen-bond donors (Lipinski definition) is 2. The van der Waals surface area contributed by atoms with E-state index >= 15 is 0 Å². The van der Waals surface area contributed by atoms with Crippen molar-refractivity contribution in [3.63, 3.8) is 0 Å². The monoisotopic (exact) mass is 407 g/mol. The fraction of sp³-hybridized carbons (Fsp3) is 0.381. The van der Waals surface area contributed by atoms with E-state index in [0.29, 0.717) is 18.2 Å². The number of nitrogens with one attached hydrogen (secondary N) is 1. The first kappa shape index (κ1) is 17.4. The molecule has 6 rings (SSSR count). The number of ether oxygens (including phenoxy) is 3. The predicted octanol–water partition coefficient (Wildman–Crippen LogP) is 1.14. The van der Waals surface area contributed by atoms with Crippen LogP contribution in [0.25, 0.3) is 0 Å². The van der Waals surface area contributed by atoms with Crippen molar-refractivity contribution >= 4 is 11.7 Å². The van der Waals surface area contributed by atoms with Crippen LogP contribution in [0.5, 0.6) is 11.6 Å². The van der Waals surface area contributed by atoms with Gasteiger partial charge < -0.3 is 30.2 Å². The number of aromatic nitrogens is 1. The van der Waals surface area contributed by atoms with Gasteiger partial charge in [-0.2, -0.15) is 0 Å². The third-order valence-corrected chi connectivity index (χ3v) is 6.04. The largest absolute Gasteiger partial charge is 0.495 e. The summed E-state index contributed by atoms with van der Waals surface area (Å²) in [6.07, 6.45) is 8.10. The van der Waals surface area contributed by atoms with E-state index in [-0.39, 0.29) is 18.6 Å². The first-order valence-corrected chi connectivity index (χ1v) is 10.1. The number of hydrogen-bond acceptors (Lipinski definition) is 8. The number of nitrogens with two attached hydrogens (primary N) is 1. The number of carbonyl (C=O) groups is 1. The van der Waals surface area contributed by atoms with Gasteiger partial charge in [0.1, 0.15) is 24.7 Å². The Bertz CT molecular complexity index is 1070. The van der Waals surface area contributed by atoms with E-state index in [1.165, 1.54) is 5.57 Å². The lowest BCUT2D eigenvalue weighted by atomic mass is 10.0. The Balaban J connectivity index is 1.41. The Morgan fingerprint density at radius 3 is 3.07 bits per heavy atom. The summed E-state index contributed by atoms with van der Waals surface area (Å²) in [5.74, 6) is 1.83. The second-order valence-corrected chi connectivity index (χ2v) is 7.95. The Labute approximate surface area is 172 Å². The fourth-order valence-corrected chi connectivity index (χ4v) is 4.44. The maximum atomic E-state index is 12.0. The Morgan fingerprint density at radius 2 is 2.23 bits per heavy atom. The minimum atomic E-state index is -0.405. The summed E-state index contributed by atoms with van der Waals surface area (Å²) in [5.41, 5.74) is 10.4. The lowest BCUT2D eigenvalue weighted by Crippen LogP contribution is -2.43. The molecular weight excluding hydrogens is 386 g/mol. The van der Waals surface area contributed by atoms with Gasteiger partial charge in [-0.05, 0) is 36.8 Å². The number of pyridine rings is 1. The zero-order valence-electron chi connectivity index (χ0n) is 16.3. The van der Waals surface area contributed by atoms with Crippen LogP contribution in [0.4, 0.5) is 0 Å². The molecule has 1 unspecified atom stereocenters. The molecule has 30 heavy (non-hydrogen) atoms. The topological polar surface area (TPSA) is 111 Å². The molecule has 1 aromatic heterocycles. The molecule has 3 N–H and O–H groups in total. The van der Waals surface area contributed by atoms with Gasteiger partial charge in [0.15, 0.2) is 5.75 Å². The molecule has 9 heteroatoms. The second kappa shape index (κ2) is 6.51. The van der Waals surface area contributed by atoms with E-state index < -0.39 is 6.04 Å². The highest BCUT2D eigenvalue weighted by molar-refractivity contribution is 6.04. The van der Waals surface area contributed by atoms with Gasteiger partial charge in [0.05, 0.1) is 17.0 Å². The van der Waals surface area contributed by atoms with Crippen molar-refractivity contribution in [1.29, 1.82) is 0 Å². The molecule has 0 spiro atoms. The van der Waals surface area contributed by atoms with Crippen molar-refractivity contribution in [2.45, 2.75) is 25.3 Å². The maximum Gasteiger partial charge on any atom is 0.260 e. The number of primary amides is 1. The molecule has 1 fully saturated rings. The molecule has 1 aliphatic carbocycles. The molecule has 1 amide bonds. The summed E-state index contributed by atoms with van der Waals surface area (Å²) in [5, 5.41) is 3.33. The minimum Gasteiger partial charge on any atom is -0.495 e. The number of carbonyl (C=O) groups excluding carboxylic acids is 1. The Kier molecular flexibility index (Phi) is 3.77. The molecule has 0 bridgehead atoms. The van der Waals surface area contributed by atoms with E-state index in [9.17, 15) is 4.79 Å². The van der Waals surface area contributed by atoms with Crippen molar-refractivity contribution < 1.29 is 19.0 Å². The number of amides is 1. The van der Waals surface area contributed by atoms with Crippen LogP contribution in [-0.4, -0.2) is 47.6 Å². The van der Waals surface area contributed by atoms with Crippen molar-refractivity contribution in [2.24, 2.45) is 16.6 Å². The average Bonchev–Trinajstić information content (AvgIpc) is 3.35. The van der Waals surface area contributed by atoms with E-state index in [1.54, 1.807) is 12.5 Å². The number of amidine groups is 1. The summed E-state index contributed by atoms with van der Waals surface area (Å²) in [7, 11) is 0. The minimum absolute atomic E-state index is 0.155. The van der Waals surface area contributed by atoms with E-state index in [1.807, 2.05) is 12.3 Å². The zero-order chi connectivity index (χ0) is 20.2. The van der Waals surface area contributed by atoms with Crippen molar-refractivity contribution in [3.05, 3.63) is 52.8 Å². The molecule has 1 aromatic rings. The molecule has 154 valence electrons. The zero-order valence-corrected chi connectivity index (χ0v) is 16.3. The van der Waals surface area contributed by atoms with Gasteiger partial charge in [-0.15, -0.1) is 0 Å². The van der Waals surface area contributed by atoms with E-state index in [2.05, 4.69) is 15.2 Å². The third kappa shape index (κ3) is 2.65. The van der Waals surface area contributed by atoms with Crippen LogP contribution in [-0.2, 0) is 9.53 Å². The molecule has 4 aliphatic heterocycles. The summed E-state index contributed by atoms with van der Waals surface area (Å²) in [6, 6.07) is 1.49. The maximum absolute atomic E-state index is 12.0. The van der Waals surface area contributed by atoms with Gasteiger partial charge in [-0.1, -0.05) is 0 Å². The van der Waals surface area contributed by atoms with Crippen LogP contribution >= 0.6 is 0 Å². The molecule has 1 saturated carbocycles. The van der Waals surface area contributed by atoms with Gasteiger partial charge in [0, 0.05) is 24.5 Å². The molecule has 0 saturated heterocycles. The quantitative estimate of drug-likeness (QED) is 0.753. The summed E-state index contributed by atoms with van der Waals surface area (Å²) in [4.78, 5) is 23.2. The summed E-state index contributed by atoms with van der Waals surface area (Å²) >= 11 is 0. The molecule has 0 radical (unpaired) electrons. The van der Waals surface area contributed by atoms with Gasteiger partial charge in [0.2, 0.25) is 12.7 Å². The first-order valence-electron chi connectivity index (χ1n) is 10.1. The van der Waals surface area contributed by atoms with Gasteiger partial charge >= 0.3 is 0 Å². The predicted molar refractivity (Wildman–Crippen MR) is 106 cm³/mol. The second-order valence-electron chi connectivity index (χ2n) is 7.95. The lowest BCUT2D eigenvalue weighted by Gasteiger charge is -2.30. The lowest BCUT2D eigenvalue weighted by molar-refractivity contribution is -0.120. The summed E-state index contributed by atoms with van der Waals surface area (Å²) in [6.45, 7) is 1.44. The number of rotatable bonds is 5. The van der Waals surface area contributed by atoms with E-state index in [4.69, 9.17) is 24.9 Å². The standard InChI is InChI=1S/C21H21N5O4/c22-19(27)16(11-1-2-11)25-15-9-28-8-12-4-6-26-17(12)14(15)7-24-20(26)13-3-5-23-21-18(13)29-10-30-21/h3,5,7,9,11,16,25H,1-2,4,6,8,10H2,(H2,22,27). The SMILES string of the molecule is NC(=O)C(NC1=COCC2=C3C1=CN=C(c1ccnc4c1OCO4)N3CC2)C1CC1. The van der Waals surface area contributed by atoms with Gasteiger partial charge in [-0.25, -0.2) is 9.98 Å². The molecule has 1 atom stereocenters. The number of fused-ring (bicyclic) bond motifs is 1. The van der Waals surface area contributed by atoms with Crippen molar-refractivity contribution in [2.75, 3.05) is 19.9 Å². The van der Waals surface area contributed by atoms with Crippen LogP contribution in [0.2, 0.25) is 0 Å². The first-order chi connectivity index (χ1) is 14.7. The highest BCUT2D eigenvalue weighted by Crippen LogP contribution is 2.42. The van der Waals surface area contributed by atoms with Crippen LogP contribution in [0.1, 0.15) is 24.8 Å². The summed E-state index contributed by atoms with van der Waals surface area (Å²) < 4.78 is 16.9. The van der Waals surface area contributed by atoms with Crippen LogP contribution in [0.15, 0.2) is 52.3 Å². The third-order valence-electron chi connectivity index (χ3n) is 6.04. The fourth-order valence-electron chi connectivity index (χ4n) is 4.44. The van der Waals surface area contributed by atoms with Crippen LogP contribution < -0.4 is 20.5 Å². The van der Waals surface area contributed by atoms with Crippen molar-refractivity contribution in [3.8, 4) is 11.6 Å². The molecule has 5 heterocycles. The Morgan fingerprint density at radius 1 is 1.33 bits per heavy atom. The highest BCUT2D eigenvalue weighted by atomic mass is 16.7. The van der Waals surface area contributed by atoms with Gasteiger partial charge in [-0.3, -0.25) is 4.79 Å². The van der Waals surface area contributed by atoms with Crippen molar-refractivity contribution in [1.82, 2.24) is 15.2 Å². The van der Waals surface area contributed by atoms with Crippen LogP contribution in [0, 0.1) is 5.92 Å². The van der Waals surface area contributed by atoms with Crippen LogP contribution in [0.3, 0.4) is 0 Å². The molecule has 9 nitrogen and oxygen atoms in total. The molecular formula is C21H21N5O4. The smallest absolute Gasteiger partial charge is 0.260 e. The number of aliphatic imine (C=N–C) groups is 1. The average molecular weight is 407 g/mol. The normalized spacial score (nSPS) is 22.4. The Hall–Kier alpha value is -3.49. The molecule has 5 aliphatic rings. The number of nitrogens with zero attached hydrogens (tertiary/aromatic N) is 3. The van der Waals surface area contributed by atoms with E-state index in [0.717, 1.165) is 54.2 Å². The van der Waals surface area contributed by atoms with Gasteiger partial charge in [0.25, 0.3) is 5.88 Å². The highest BCUT2D eigenvalue weighted by Gasteiger charge is 2.40. The molecule has 0 aromatic carbocycles.